The van der Waals surface area contributed by atoms with E-state index in [2.05, 4.69) is 46.3 Å². The molecule has 0 aliphatic carbocycles. The topological polar surface area (TPSA) is 50.3 Å². The van der Waals surface area contributed by atoms with Gasteiger partial charge in [-0.25, -0.2) is 8.42 Å². The SMILES string of the molecule is Cc1ccc(S(=O)(=O)C[C@@H]2CCN(Cc3ccc(-c4ccccc4)cc3)C2)cn1. The third-order valence-corrected chi connectivity index (χ3v) is 7.41. The number of rotatable bonds is 6. The van der Waals surface area contributed by atoms with Crippen LogP contribution < -0.4 is 0 Å². The Hall–Kier alpha value is -2.50. The van der Waals surface area contributed by atoms with Crippen molar-refractivity contribution >= 4 is 9.84 Å². The first-order chi connectivity index (χ1) is 14.0. The number of pyridine rings is 1. The number of likely N-dealkylation sites (tertiary alicyclic amines) is 1. The first kappa shape index (κ1) is 19.8. The van der Waals surface area contributed by atoms with Gasteiger partial charge in [-0.1, -0.05) is 54.6 Å². The molecule has 5 heteroatoms. The predicted molar refractivity (Wildman–Crippen MR) is 116 cm³/mol. The fraction of sp³-hybridized carbons (Fsp3) is 0.292. The van der Waals surface area contributed by atoms with Gasteiger partial charge in [0.05, 0.1) is 10.6 Å². The van der Waals surface area contributed by atoms with E-state index in [0.29, 0.717) is 4.90 Å². The van der Waals surface area contributed by atoms with E-state index in [-0.39, 0.29) is 11.7 Å². The van der Waals surface area contributed by atoms with Gasteiger partial charge in [0.25, 0.3) is 0 Å². The van der Waals surface area contributed by atoms with Crippen molar-refractivity contribution in [2.45, 2.75) is 24.8 Å². The predicted octanol–water partition coefficient (Wildman–Crippen LogP) is 4.35. The van der Waals surface area contributed by atoms with Gasteiger partial charge in [-0.2, -0.15) is 0 Å². The van der Waals surface area contributed by atoms with E-state index in [1.165, 1.54) is 22.9 Å². The molecule has 1 aliphatic heterocycles. The Labute approximate surface area is 173 Å². The highest BCUT2D eigenvalue weighted by atomic mass is 32.2. The molecule has 1 fully saturated rings. The van der Waals surface area contributed by atoms with E-state index in [1.807, 2.05) is 25.1 Å². The van der Waals surface area contributed by atoms with Crippen molar-refractivity contribution in [2.75, 3.05) is 18.8 Å². The fourth-order valence-corrected chi connectivity index (χ4v) is 5.50. The zero-order chi connectivity index (χ0) is 20.3. The van der Waals surface area contributed by atoms with Crippen molar-refractivity contribution in [3.8, 4) is 11.1 Å². The van der Waals surface area contributed by atoms with E-state index in [0.717, 1.165) is 31.7 Å². The second-order valence-corrected chi connectivity index (χ2v) is 9.90. The summed E-state index contributed by atoms with van der Waals surface area (Å²) in [6, 6.07) is 22.4. The fourth-order valence-electron chi connectivity index (χ4n) is 3.93. The third-order valence-electron chi connectivity index (χ3n) is 5.54. The average Bonchev–Trinajstić information content (AvgIpc) is 3.15. The van der Waals surface area contributed by atoms with Gasteiger partial charge in [0.15, 0.2) is 9.84 Å². The van der Waals surface area contributed by atoms with E-state index >= 15 is 0 Å². The van der Waals surface area contributed by atoms with E-state index < -0.39 is 9.84 Å². The second kappa shape index (κ2) is 8.47. The number of aromatic nitrogens is 1. The van der Waals surface area contributed by atoms with E-state index in [1.54, 1.807) is 12.1 Å². The Balaban J connectivity index is 1.35. The number of nitrogens with zero attached hydrogens (tertiary/aromatic N) is 2. The van der Waals surface area contributed by atoms with Crippen LogP contribution in [0, 0.1) is 12.8 Å². The van der Waals surface area contributed by atoms with Crippen LogP contribution in [0.2, 0.25) is 0 Å². The quantitative estimate of drug-likeness (QED) is 0.611. The van der Waals surface area contributed by atoms with Gasteiger partial charge in [0.2, 0.25) is 0 Å². The van der Waals surface area contributed by atoms with Crippen LogP contribution in [0.4, 0.5) is 0 Å². The number of hydrogen-bond donors (Lipinski definition) is 0. The van der Waals surface area contributed by atoms with Crippen LogP contribution >= 0.6 is 0 Å². The molecule has 1 atom stereocenters. The molecule has 150 valence electrons. The molecular weight excluding hydrogens is 380 g/mol. The van der Waals surface area contributed by atoms with Crippen LogP contribution in [0.25, 0.3) is 11.1 Å². The average molecular weight is 407 g/mol. The van der Waals surface area contributed by atoms with Crippen LogP contribution in [0.1, 0.15) is 17.7 Å². The van der Waals surface area contributed by atoms with Crippen LogP contribution in [-0.4, -0.2) is 37.1 Å². The van der Waals surface area contributed by atoms with Gasteiger partial charge in [0.1, 0.15) is 0 Å². The van der Waals surface area contributed by atoms with Crippen molar-refractivity contribution in [2.24, 2.45) is 5.92 Å². The molecule has 1 saturated heterocycles. The summed E-state index contributed by atoms with van der Waals surface area (Å²) >= 11 is 0. The molecular formula is C24H26N2O2S. The maximum Gasteiger partial charge on any atom is 0.180 e. The van der Waals surface area contributed by atoms with Crippen molar-refractivity contribution < 1.29 is 8.42 Å². The van der Waals surface area contributed by atoms with Gasteiger partial charge in [-0.05, 0) is 54.6 Å². The molecule has 0 radical (unpaired) electrons. The second-order valence-electron chi connectivity index (χ2n) is 7.87. The molecule has 2 heterocycles. The molecule has 0 N–H and O–H groups in total. The van der Waals surface area contributed by atoms with Crippen LogP contribution in [0.5, 0.6) is 0 Å². The summed E-state index contributed by atoms with van der Waals surface area (Å²) < 4.78 is 25.4. The summed E-state index contributed by atoms with van der Waals surface area (Å²) in [5.41, 5.74) is 4.52. The van der Waals surface area contributed by atoms with Crippen molar-refractivity contribution in [3.63, 3.8) is 0 Å². The zero-order valence-corrected chi connectivity index (χ0v) is 17.5. The van der Waals surface area contributed by atoms with Crippen molar-refractivity contribution in [3.05, 3.63) is 84.2 Å². The molecule has 1 aliphatic rings. The molecule has 0 amide bonds. The van der Waals surface area contributed by atoms with Gasteiger partial charge in [-0.15, -0.1) is 0 Å². The molecule has 0 unspecified atom stereocenters. The Morgan fingerprint density at radius 2 is 1.69 bits per heavy atom. The number of aryl methyl sites for hydroxylation is 1. The molecule has 29 heavy (non-hydrogen) atoms. The summed E-state index contributed by atoms with van der Waals surface area (Å²) in [7, 11) is -3.28. The summed E-state index contributed by atoms with van der Waals surface area (Å²) in [5, 5.41) is 0. The molecule has 4 nitrogen and oxygen atoms in total. The minimum absolute atomic E-state index is 0.171. The van der Waals surface area contributed by atoms with Gasteiger partial charge in [-0.3, -0.25) is 9.88 Å². The first-order valence-electron chi connectivity index (χ1n) is 10.0. The van der Waals surface area contributed by atoms with E-state index in [4.69, 9.17) is 0 Å². The molecule has 2 aromatic carbocycles. The van der Waals surface area contributed by atoms with Crippen LogP contribution in [0.3, 0.4) is 0 Å². The maximum atomic E-state index is 12.7. The molecule has 4 rings (SSSR count). The number of hydrogen-bond acceptors (Lipinski definition) is 4. The van der Waals surface area contributed by atoms with Gasteiger partial charge in [0, 0.05) is 25.0 Å². The molecule has 0 bridgehead atoms. The maximum absolute atomic E-state index is 12.7. The van der Waals surface area contributed by atoms with Gasteiger partial charge >= 0.3 is 0 Å². The summed E-state index contributed by atoms with van der Waals surface area (Å²) in [6.07, 6.45) is 2.40. The third kappa shape index (κ3) is 4.92. The van der Waals surface area contributed by atoms with Crippen LogP contribution in [0.15, 0.2) is 77.8 Å². The first-order valence-corrected chi connectivity index (χ1v) is 11.7. The highest BCUT2D eigenvalue weighted by Crippen LogP contribution is 2.24. The zero-order valence-electron chi connectivity index (χ0n) is 16.7. The Kier molecular flexibility index (Phi) is 5.79. The molecule has 3 aromatic rings. The monoisotopic (exact) mass is 406 g/mol. The lowest BCUT2D eigenvalue weighted by Crippen LogP contribution is -2.23. The number of benzene rings is 2. The highest BCUT2D eigenvalue weighted by molar-refractivity contribution is 7.91. The lowest BCUT2D eigenvalue weighted by atomic mass is 10.0. The number of sulfone groups is 1. The minimum atomic E-state index is -3.28. The Bertz CT molecular complexity index is 1050. The van der Waals surface area contributed by atoms with Crippen molar-refractivity contribution in [1.82, 2.24) is 9.88 Å². The smallest absolute Gasteiger partial charge is 0.180 e. The Morgan fingerprint density at radius 1 is 0.966 bits per heavy atom. The standard InChI is InChI=1S/C24H26N2O2S/c1-19-7-12-24(15-25-19)29(27,28)18-21-13-14-26(17-21)16-20-8-10-23(11-9-20)22-5-3-2-4-6-22/h2-12,15,21H,13-14,16-18H2,1H3/t21-/m1/s1. The lowest BCUT2D eigenvalue weighted by Gasteiger charge is -2.16. The minimum Gasteiger partial charge on any atom is -0.299 e. The summed E-state index contributed by atoms with van der Waals surface area (Å²) in [4.78, 5) is 6.81. The summed E-state index contributed by atoms with van der Waals surface area (Å²) in [6.45, 7) is 4.47. The largest absolute Gasteiger partial charge is 0.299 e. The molecule has 0 spiro atoms. The summed E-state index contributed by atoms with van der Waals surface area (Å²) in [5.74, 6) is 0.367. The van der Waals surface area contributed by atoms with E-state index in [9.17, 15) is 8.42 Å². The Morgan fingerprint density at radius 3 is 2.38 bits per heavy atom. The van der Waals surface area contributed by atoms with Crippen LogP contribution in [-0.2, 0) is 16.4 Å². The van der Waals surface area contributed by atoms with Crippen molar-refractivity contribution in [1.29, 1.82) is 0 Å². The highest BCUT2D eigenvalue weighted by Gasteiger charge is 2.28. The normalized spacial score (nSPS) is 17.5. The van der Waals surface area contributed by atoms with Gasteiger partial charge < -0.3 is 0 Å². The molecule has 0 saturated carbocycles. The molecule has 1 aromatic heterocycles. The lowest BCUT2D eigenvalue weighted by molar-refractivity contribution is 0.320.